The number of nitriles is 1. The normalized spacial score (nSPS) is 13.3. The van der Waals surface area contributed by atoms with Gasteiger partial charge in [-0.25, -0.2) is 0 Å². The van der Waals surface area contributed by atoms with Crippen LogP contribution in [0.2, 0.25) is 0 Å². The molecule has 1 N–H and O–H groups in total. The summed E-state index contributed by atoms with van der Waals surface area (Å²) in [6.45, 7) is 14.0. The second kappa shape index (κ2) is 14.0. The highest BCUT2D eigenvalue weighted by Gasteiger charge is 2.13. The van der Waals surface area contributed by atoms with Gasteiger partial charge in [0.2, 0.25) is 0 Å². The molecule has 6 nitrogen and oxygen atoms in total. The van der Waals surface area contributed by atoms with Crippen LogP contribution in [0.1, 0.15) is 38.7 Å². The lowest BCUT2D eigenvalue weighted by Crippen LogP contribution is -2.33. The topological polar surface area (TPSA) is 80.6 Å². The lowest BCUT2D eigenvalue weighted by Gasteiger charge is -2.18. The van der Waals surface area contributed by atoms with Crippen molar-refractivity contribution in [3.8, 4) is 11.8 Å². The van der Waals surface area contributed by atoms with E-state index in [1.54, 1.807) is 43.5 Å². The summed E-state index contributed by atoms with van der Waals surface area (Å²) in [7, 11) is 1.57. The van der Waals surface area contributed by atoms with Gasteiger partial charge < -0.3 is 14.3 Å². The smallest absolute Gasteiger partial charge is 0.131 e. The first kappa shape index (κ1) is 25.9. The maximum absolute atomic E-state index is 11.3. The van der Waals surface area contributed by atoms with E-state index in [1.165, 1.54) is 6.92 Å². The molecule has 0 aliphatic carbocycles. The van der Waals surface area contributed by atoms with Crippen molar-refractivity contribution >= 4 is 5.78 Å². The molecule has 0 aliphatic heterocycles. The number of ketones is 1. The largest absolute Gasteiger partial charge is 0.492 e. The molecule has 0 fully saturated rings. The van der Waals surface area contributed by atoms with Crippen molar-refractivity contribution in [3.05, 3.63) is 78.1 Å². The molecule has 1 aromatic rings. The molecule has 6 heteroatoms. The Bertz CT molecular complexity index is 847. The van der Waals surface area contributed by atoms with E-state index in [1.807, 2.05) is 19.9 Å². The molecule has 31 heavy (non-hydrogen) atoms. The highest BCUT2D eigenvalue weighted by Crippen LogP contribution is 2.22. The number of benzene rings is 1. The molecule has 0 heterocycles. The molecule has 0 saturated heterocycles. The maximum atomic E-state index is 11.3. The number of rotatable bonds is 14. The van der Waals surface area contributed by atoms with Crippen LogP contribution in [-0.2, 0) is 14.4 Å². The zero-order chi connectivity index (χ0) is 23.2. The fourth-order valence-corrected chi connectivity index (χ4v) is 2.60. The first-order valence-corrected chi connectivity index (χ1v) is 10.0. The van der Waals surface area contributed by atoms with Gasteiger partial charge in [-0.1, -0.05) is 43.0 Å². The van der Waals surface area contributed by atoms with Gasteiger partial charge in [-0.05, 0) is 50.1 Å². The molecule has 0 amide bonds. The van der Waals surface area contributed by atoms with Crippen molar-refractivity contribution in [3.63, 3.8) is 0 Å². The van der Waals surface area contributed by atoms with Gasteiger partial charge in [-0.2, -0.15) is 10.7 Å². The molecule has 0 saturated carbocycles. The second-order valence-corrected chi connectivity index (χ2v) is 7.12. The van der Waals surface area contributed by atoms with Gasteiger partial charge in [0.25, 0.3) is 0 Å². The Balaban J connectivity index is 2.50. The molecule has 0 bridgehead atoms. The quantitative estimate of drug-likeness (QED) is 0.200. The third-order valence-corrected chi connectivity index (χ3v) is 4.56. The number of Topliss-reactive ketones (excluding diaryl/α,β-unsaturated/α-hetero) is 1. The first-order valence-electron chi connectivity index (χ1n) is 10.0. The number of ether oxygens (including phenoxy) is 2. The zero-order valence-electron chi connectivity index (χ0n) is 18.8. The fourth-order valence-electron chi connectivity index (χ4n) is 2.60. The summed E-state index contributed by atoms with van der Waals surface area (Å²) < 4.78 is 11.4. The highest BCUT2D eigenvalue weighted by atomic mass is 16.6. The number of nitrogens with zero attached hydrogens (tertiary/aromatic N) is 1. The van der Waals surface area contributed by atoms with Gasteiger partial charge in [-0.3, -0.25) is 4.79 Å². The van der Waals surface area contributed by atoms with Gasteiger partial charge in [0, 0.05) is 6.42 Å². The molecule has 1 rings (SSSR count). The molecule has 0 aliphatic rings. The predicted molar refractivity (Wildman–Crippen MR) is 122 cm³/mol. The Morgan fingerprint density at radius 1 is 1.23 bits per heavy atom. The minimum Gasteiger partial charge on any atom is -0.492 e. The minimum atomic E-state index is -0.439. The minimum absolute atomic E-state index is 0.0111. The van der Waals surface area contributed by atoms with E-state index in [-0.39, 0.29) is 18.2 Å². The van der Waals surface area contributed by atoms with Crippen LogP contribution in [0.25, 0.3) is 0 Å². The summed E-state index contributed by atoms with van der Waals surface area (Å²) in [4.78, 5) is 16.3. The third-order valence-electron chi connectivity index (χ3n) is 4.56. The van der Waals surface area contributed by atoms with Gasteiger partial charge in [-0.15, -0.1) is 0 Å². The van der Waals surface area contributed by atoms with E-state index < -0.39 is 5.92 Å². The van der Waals surface area contributed by atoms with Crippen molar-refractivity contribution in [2.45, 2.75) is 39.2 Å². The summed E-state index contributed by atoms with van der Waals surface area (Å²) in [5, 5.41) is 9.23. The van der Waals surface area contributed by atoms with Crippen molar-refractivity contribution in [2.75, 3.05) is 20.3 Å². The maximum Gasteiger partial charge on any atom is 0.131 e. The van der Waals surface area contributed by atoms with Crippen molar-refractivity contribution < 1.29 is 19.1 Å². The van der Waals surface area contributed by atoms with E-state index in [4.69, 9.17) is 14.3 Å². The number of hydrogen-bond donors (Lipinski definition) is 1. The Labute approximate surface area is 185 Å². The molecule has 2 atom stereocenters. The lowest BCUT2D eigenvalue weighted by atomic mass is 9.95. The van der Waals surface area contributed by atoms with Crippen LogP contribution in [0.3, 0.4) is 0 Å². The van der Waals surface area contributed by atoms with Gasteiger partial charge in [0.05, 0.1) is 25.1 Å². The number of hydrogen-bond acceptors (Lipinski definition) is 6. The van der Waals surface area contributed by atoms with Crippen molar-refractivity contribution in [1.82, 2.24) is 5.48 Å². The predicted octanol–water partition coefficient (Wildman–Crippen LogP) is 4.78. The van der Waals surface area contributed by atoms with E-state index in [0.29, 0.717) is 24.7 Å². The summed E-state index contributed by atoms with van der Waals surface area (Å²) >= 11 is 0. The monoisotopic (exact) mass is 424 g/mol. The number of nitrogens with one attached hydrogen (secondary N) is 1. The summed E-state index contributed by atoms with van der Waals surface area (Å²) in [5.74, 6) is 0.710. The van der Waals surface area contributed by atoms with Crippen LogP contribution in [0.4, 0.5) is 0 Å². The Hall–Kier alpha value is -3.14. The lowest BCUT2D eigenvalue weighted by molar-refractivity contribution is -0.117. The van der Waals surface area contributed by atoms with E-state index in [9.17, 15) is 10.1 Å². The molecule has 0 radical (unpaired) electrons. The summed E-state index contributed by atoms with van der Waals surface area (Å²) in [5.41, 5.74) is 5.53. The second-order valence-electron chi connectivity index (χ2n) is 7.12. The molecule has 0 aromatic heterocycles. The van der Waals surface area contributed by atoms with Crippen LogP contribution in [0, 0.1) is 11.3 Å². The molecule has 0 spiro atoms. The number of hydroxylamine groups is 1. The van der Waals surface area contributed by atoms with Gasteiger partial charge >= 0.3 is 0 Å². The SMILES string of the molecule is C=C(/C=C\C(=C)OCC(NOC)/C(C)=C/C)COc1ccc(C(C#N)CC(C)=O)cc1. The fraction of sp³-hybridized carbons (Fsp3) is 0.360. The molecular weight excluding hydrogens is 392 g/mol. The van der Waals surface area contributed by atoms with Gasteiger partial charge in [0.1, 0.15) is 30.5 Å². The van der Waals surface area contributed by atoms with Crippen LogP contribution in [0.5, 0.6) is 5.75 Å². The average molecular weight is 425 g/mol. The number of carbonyl (C=O) groups is 1. The van der Waals surface area contributed by atoms with E-state index >= 15 is 0 Å². The Kier molecular flexibility index (Phi) is 11.7. The van der Waals surface area contributed by atoms with Crippen molar-refractivity contribution in [2.24, 2.45) is 0 Å². The van der Waals surface area contributed by atoms with Crippen LogP contribution in [-0.4, -0.2) is 32.1 Å². The summed E-state index contributed by atoms with van der Waals surface area (Å²) in [6, 6.07) is 9.27. The van der Waals surface area contributed by atoms with Crippen LogP contribution < -0.4 is 10.2 Å². The van der Waals surface area contributed by atoms with Crippen LogP contribution in [0.15, 0.2) is 72.6 Å². The van der Waals surface area contributed by atoms with Crippen molar-refractivity contribution in [1.29, 1.82) is 5.26 Å². The van der Waals surface area contributed by atoms with Crippen LogP contribution >= 0.6 is 0 Å². The Morgan fingerprint density at radius 3 is 2.45 bits per heavy atom. The molecular formula is C25H32N2O4. The number of allylic oxidation sites excluding steroid dienone is 2. The standard InChI is InChI=1S/C25H32N2O4/c1-7-19(3)25(27-29-6)17-30-21(5)9-8-18(2)16-31-24-12-10-22(11-13-24)23(15-26)14-20(4)28/h7-13,23,25,27H,2,5,14,16-17H2,1,3-4,6H3/b9-8-,19-7+. The Morgan fingerprint density at radius 2 is 1.90 bits per heavy atom. The highest BCUT2D eigenvalue weighted by molar-refractivity contribution is 5.77. The van der Waals surface area contributed by atoms with Gasteiger partial charge in [0.15, 0.2) is 0 Å². The van der Waals surface area contributed by atoms with E-state index in [2.05, 4.69) is 24.7 Å². The molecule has 1 aromatic carbocycles. The first-order chi connectivity index (χ1) is 14.8. The third kappa shape index (κ3) is 9.94. The molecule has 2 unspecified atom stereocenters. The summed E-state index contributed by atoms with van der Waals surface area (Å²) in [6.07, 6.45) is 5.73. The average Bonchev–Trinajstić information content (AvgIpc) is 2.77. The molecule has 166 valence electrons. The number of carbonyl (C=O) groups excluding carboxylic acids is 1. The van der Waals surface area contributed by atoms with E-state index in [0.717, 1.165) is 16.7 Å². The zero-order valence-corrected chi connectivity index (χ0v) is 18.8.